The fraction of sp³-hybridized carbons (Fsp3) is 1.00. The van der Waals surface area contributed by atoms with Crippen molar-refractivity contribution in [1.29, 1.82) is 0 Å². The highest BCUT2D eigenvalue weighted by molar-refractivity contribution is 4.85. The summed E-state index contributed by atoms with van der Waals surface area (Å²) in [7, 11) is 0. The standard InChI is InChI=1S/C18H36N4/c1-15-7-11-21-9-4-6-18(14-21)20-16(2)8-12-22-10-3-5-17(13-22)19-15/h15-20H,3-14H2,1-2H3. The summed E-state index contributed by atoms with van der Waals surface area (Å²) in [4.78, 5) is 5.37. The first-order chi connectivity index (χ1) is 10.7. The Morgan fingerprint density at radius 2 is 1.09 bits per heavy atom. The van der Waals surface area contributed by atoms with Crippen molar-refractivity contribution in [2.24, 2.45) is 0 Å². The molecular weight excluding hydrogens is 272 g/mol. The van der Waals surface area contributed by atoms with Crippen LogP contribution in [0.2, 0.25) is 0 Å². The van der Waals surface area contributed by atoms with Gasteiger partial charge in [-0.15, -0.1) is 0 Å². The van der Waals surface area contributed by atoms with Gasteiger partial charge in [0.25, 0.3) is 0 Å². The van der Waals surface area contributed by atoms with Crippen LogP contribution >= 0.6 is 0 Å². The minimum atomic E-state index is 0.653. The molecule has 0 radical (unpaired) electrons. The highest BCUT2D eigenvalue weighted by atomic mass is 15.2. The zero-order chi connectivity index (χ0) is 15.4. The van der Waals surface area contributed by atoms with Crippen molar-refractivity contribution in [3.8, 4) is 0 Å². The van der Waals surface area contributed by atoms with Crippen LogP contribution in [0.3, 0.4) is 0 Å². The summed E-state index contributed by atoms with van der Waals surface area (Å²) < 4.78 is 0. The second-order valence-electron chi connectivity index (χ2n) is 7.99. The predicted octanol–water partition coefficient (Wildman–Crippen LogP) is 1.67. The number of nitrogens with one attached hydrogen (secondary N) is 2. The molecule has 4 bridgehead atoms. The maximum atomic E-state index is 3.90. The van der Waals surface area contributed by atoms with Crippen LogP contribution in [0.1, 0.15) is 52.4 Å². The van der Waals surface area contributed by atoms with Gasteiger partial charge in [-0.2, -0.15) is 0 Å². The van der Waals surface area contributed by atoms with E-state index in [4.69, 9.17) is 0 Å². The molecule has 0 aromatic rings. The lowest BCUT2D eigenvalue weighted by Crippen LogP contribution is -2.52. The topological polar surface area (TPSA) is 30.5 Å². The SMILES string of the molecule is CC1CCN2CCCC(C2)NC(C)CCN2CCCC(C2)N1. The summed E-state index contributed by atoms with van der Waals surface area (Å²) in [5.41, 5.74) is 0. The molecule has 3 rings (SSSR count). The normalized spacial score (nSPS) is 45.0. The minimum Gasteiger partial charge on any atom is -0.310 e. The average molecular weight is 309 g/mol. The van der Waals surface area contributed by atoms with Gasteiger partial charge in [0.2, 0.25) is 0 Å². The first-order valence-electron chi connectivity index (χ1n) is 9.66. The summed E-state index contributed by atoms with van der Waals surface area (Å²) in [5.74, 6) is 0. The Morgan fingerprint density at radius 3 is 1.55 bits per heavy atom. The minimum absolute atomic E-state index is 0.653. The lowest BCUT2D eigenvalue weighted by molar-refractivity contribution is 0.147. The van der Waals surface area contributed by atoms with Gasteiger partial charge in [-0.1, -0.05) is 0 Å². The van der Waals surface area contributed by atoms with Crippen molar-refractivity contribution in [3.05, 3.63) is 0 Å². The molecule has 6 atom stereocenters. The van der Waals surface area contributed by atoms with Crippen molar-refractivity contribution in [2.75, 3.05) is 39.3 Å². The third kappa shape index (κ3) is 4.92. The highest BCUT2D eigenvalue weighted by Gasteiger charge is 2.25. The third-order valence-electron chi connectivity index (χ3n) is 5.81. The van der Waals surface area contributed by atoms with Gasteiger partial charge in [0.15, 0.2) is 0 Å². The smallest absolute Gasteiger partial charge is 0.0197 e. The quantitative estimate of drug-likeness (QED) is 0.713. The van der Waals surface area contributed by atoms with Crippen molar-refractivity contribution in [1.82, 2.24) is 20.4 Å². The van der Waals surface area contributed by atoms with Gasteiger partial charge >= 0.3 is 0 Å². The molecule has 4 heteroatoms. The number of hydrogen-bond acceptors (Lipinski definition) is 4. The van der Waals surface area contributed by atoms with Crippen molar-refractivity contribution >= 4 is 0 Å². The second kappa shape index (κ2) is 8.09. The molecule has 0 saturated carbocycles. The van der Waals surface area contributed by atoms with Gasteiger partial charge < -0.3 is 20.4 Å². The maximum absolute atomic E-state index is 3.90. The van der Waals surface area contributed by atoms with E-state index >= 15 is 0 Å². The van der Waals surface area contributed by atoms with Crippen LogP contribution in [0.4, 0.5) is 0 Å². The molecule has 0 amide bonds. The van der Waals surface area contributed by atoms with Crippen molar-refractivity contribution < 1.29 is 0 Å². The maximum Gasteiger partial charge on any atom is 0.0197 e. The fourth-order valence-electron chi connectivity index (χ4n) is 4.51. The van der Waals surface area contributed by atoms with Crippen LogP contribution in [0.5, 0.6) is 0 Å². The molecular formula is C18H36N4. The number of rotatable bonds is 0. The van der Waals surface area contributed by atoms with E-state index < -0.39 is 0 Å². The Hall–Kier alpha value is -0.160. The molecule has 0 aromatic heterocycles. The zero-order valence-corrected chi connectivity index (χ0v) is 14.7. The molecule has 0 aliphatic carbocycles. The summed E-state index contributed by atoms with van der Waals surface area (Å²) in [6.45, 7) is 12.4. The monoisotopic (exact) mass is 308 g/mol. The van der Waals surface area contributed by atoms with Gasteiger partial charge in [0.1, 0.15) is 0 Å². The van der Waals surface area contributed by atoms with E-state index in [-0.39, 0.29) is 0 Å². The summed E-state index contributed by atoms with van der Waals surface area (Å²) in [6, 6.07) is 2.73. The molecule has 3 aliphatic heterocycles. The molecule has 4 nitrogen and oxygen atoms in total. The molecule has 3 fully saturated rings. The largest absolute Gasteiger partial charge is 0.310 e. The van der Waals surface area contributed by atoms with E-state index in [2.05, 4.69) is 34.3 Å². The van der Waals surface area contributed by atoms with Crippen molar-refractivity contribution in [3.63, 3.8) is 0 Å². The molecule has 3 saturated heterocycles. The Morgan fingerprint density at radius 1 is 0.636 bits per heavy atom. The Labute approximate surface area is 137 Å². The van der Waals surface area contributed by atoms with E-state index in [1.165, 1.54) is 77.8 Å². The second-order valence-corrected chi connectivity index (χ2v) is 7.99. The lowest BCUT2D eigenvalue weighted by atomic mass is 10.0. The van der Waals surface area contributed by atoms with E-state index in [0.29, 0.717) is 24.2 Å². The Bertz CT molecular complexity index is 303. The molecule has 128 valence electrons. The predicted molar refractivity (Wildman–Crippen MR) is 93.4 cm³/mol. The highest BCUT2D eigenvalue weighted by Crippen LogP contribution is 2.16. The van der Waals surface area contributed by atoms with E-state index in [1.54, 1.807) is 0 Å². The van der Waals surface area contributed by atoms with Crippen LogP contribution in [0.25, 0.3) is 0 Å². The number of fused-ring (bicyclic) bond motifs is 4. The fourth-order valence-corrected chi connectivity index (χ4v) is 4.51. The molecule has 22 heavy (non-hydrogen) atoms. The average Bonchev–Trinajstić information content (AvgIpc) is 2.51. The van der Waals surface area contributed by atoms with Crippen LogP contribution in [-0.4, -0.2) is 73.2 Å². The summed E-state index contributed by atoms with van der Waals surface area (Å²) in [5, 5.41) is 7.81. The summed E-state index contributed by atoms with van der Waals surface area (Å²) in [6.07, 6.45) is 8.03. The number of hydrogen-bond donors (Lipinski definition) is 2. The Balaban J connectivity index is 1.61. The number of piperidine rings is 2. The first kappa shape index (κ1) is 16.7. The van der Waals surface area contributed by atoms with Gasteiger partial charge in [-0.05, 0) is 78.6 Å². The van der Waals surface area contributed by atoms with Crippen LogP contribution in [0, 0.1) is 0 Å². The molecule has 0 aromatic carbocycles. The zero-order valence-electron chi connectivity index (χ0n) is 14.7. The van der Waals surface area contributed by atoms with Crippen LogP contribution < -0.4 is 10.6 Å². The molecule has 3 aliphatic rings. The van der Waals surface area contributed by atoms with E-state index in [9.17, 15) is 0 Å². The molecule has 6 unspecified atom stereocenters. The molecule has 3 heterocycles. The molecule has 2 N–H and O–H groups in total. The van der Waals surface area contributed by atoms with Gasteiger partial charge in [0, 0.05) is 37.3 Å². The van der Waals surface area contributed by atoms with Crippen molar-refractivity contribution in [2.45, 2.75) is 76.5 Å². The van der Waals surface area contributed by atoms with Gasteiger partial charge in [-0.3, -0.25) is 0 Å². The van der Waals surface area contributed by atoms with Crippen LogP contribution in [0.15, 0.2) is 0 Å². The lowest BCUT2D eigenvalue weighted by Gasteiger charge is -2.38. The Kier molecular flexibility index (Phi) is 6.14. The molecule has 0 spiro atoms. The van der Waals surface area contributed by atoms with E-state index in [0.717, 1.165) is 0 Å². The van der Waals surface area contributed by atoms with Gasteiger partial charge in [0.05, 0.1) is 0 Å². The number of nitrogens with zero attached hydrogens (tertiary/aromatic N) is 2. The van der Waals surface area contributed by atoms with E-state index in [1.807, 2.05) is 0 Å². The van der Waals surface area contributed by atoms with Crippen LogP contribution in [-0.2, 0) is 0 Å². The third-order valence-corrected chi connectivity index (χ3v) is 5.81. The first-order valence-corrected chi connectivity index (χ1v) is 9.66. The van der Waals surface area contributed by atoms with Gasteiger partial charge in [-0.25, -0.2) is 0 Å². The summed E-state index contributed by atoms with van der Waals surface area (Å²) >= 11 is 0.